The Bertz CT molecular complexity index is 446. The summed E-state index contributed by atoms with van der Waals surface area (Å²) in [4.78, 5) is 23.5. The third-order valence-electron chi connectivity index (χ3n) is 2.50. The first-order valence-electron chi connectivity index (χ1n) is 5.60. The van der Waals surface area contributed by atoms with E-state index in [0.29, 0.717) is 5.56 Å². The van der Waals surface area contributed by atoms with E-state index in [-0.39, 0.29) is 11.8 Å². The maximum Gasteiger partial charge on any atom is 0.328 e. The van der Waals surface area contributed by atoms with Crippen LogP contribution in [0, 0.1) is 5.92 Å². The first kappa shape index (κ1) is 14.7. The van der Waals surface area contributed by atoms with Gasteiger partial charge >= 0.3 is 5.97 Å². The second kappa shape index (κ2) is 6.54. The number of halogens is 1. The van der Waals surface area contributed by atoms with Crippen molar-refractivity contribution in [1.29, 1.82) is 0 Å². The number of ether oxygens (including phenoxy) is 1. The molecule has 98 valence electrons. The minimum Gasteiger partial charge on any atom is -0.467 e. The molecule has 0 spiro atoms. The van der Waals surface area contributed by atoms with Crippen LogP contribution in [-0.2, 0) is 9.53 Å². The van der Waals surface area contributed by atoms with Crippen molar-refractivity contribution in [2.24, 2.45) is 5.92 Å². The van der Waals surface area contributed by atoms with Crippen molar-refractivity contribution in [3.8, 4) is 0 Å². The number of rotatable bonds is 4. The van der Waals surface area contributed by atoms with Gasteiger partial charge in [0.1, 0.15) is 6.04 Å². The van der Waals surface area contributed by atoms with Gasteiger partial charge in [0.05, 0.1) is 7.11 Å². The van der Waals surface area contributed by atoms with Crippen LogP contribution in [-0.4, -0.2) is 25.0 Å². The number of hydrogen-bond donors (Lipinski definition) is 1. The Labute approximate surface area is 115 Å². The predicted octanol–water partition coefficient (Wildman–Crippen LogP) is 2.38. The molecular formula is C13H16BrNO3. The molecule has 18 heavy (non-hydrogen) atoms. The van der Waals surface area contributed by atoms with Crippen LogP contribution in [0.5, 0.6) is 0 Å². The second-order valence-corrected chi connectivity index (χ2v) is 5.14. The Balaban J connectivity index is 2.82. The van der Waals surface area contributed by atoms with Crippen molar-refractivity contribution < 1.29 is 14.3 Å². The van der Waals surface area contributed by atoms with Gasteiger partial charge in [-0.05, 0) is 24.1 Å². The van der Waals surface area contributed by atoms with Crippen LogP contribution >= 0.6 is 15.9 Å². The molecule has 0 aliphatic rings. The molecule has 4 nitrogen and oxygen atoms in total. The number of esters is 1. The highest BCUT2D eigenvalue weighted by Gasteiger charge is 2.25. The standard InChI is InChI=1S/C13H16BrNO3/c1-8(2)11(13(17)18-3)15-12(16)9-5-4-6-10(14)7-9/h4-8,11H,1-3H3,(H,15,16). The van der Waals surface area contributed by atoms with Crippen LogP contribution in [0.3, 0.4) is 0 Å². The topological polar surface area (TPSA) is 55.4 Å². The first-order chi connectivity index (χ1) is 8.45. The minimum absolute atomic E-state index is 0.0337. The lowest BCUT2D eigenvalue weighted by Crippen LogP contribution is -2.45. The second-order valence-electron chi connectivity index (χ2n) is 4.23. The summed E-state index contributed by atoms with van der Waals surface area (Å²) in [5.74, 6) is -0.762. The predicted molar refractivity (Wildman–Crippen MR) is 72.3 cm³/mol. The summed E-state index contributed by atoms with van der Waals surface area (Å²) in [5, 5.41) is 2.68. The maximum atomic E-state index is 12.0. The number of methoxy groups -OCH3 is 1. The van der Waals surface area contributed by atoms with E-state index in [4.69, 9.17) is 0 Å². The lowest BCUT2D eigenvalue weighted by molar-refractivity contribution is -0.144. The van der Waals surface area contributed by atoms with Crippen LogP contribution in [0.4, 0.5) is 0 Å². The summed E-state index contributed by atoms with van der Waals surface area (Å²) in [7, 11) is 1.31. The van der Waals surface area contributed by atoms with Gasteiger partial charge in [-0.15, -0.1) is 0 Å². The largest absolute Gasteiger partial charge is 0.467 e. The summed E-state index contributed by atoms with van der Waals surface area (Å²) in [6.07, 6.45) is 0. The fraction of sp³-hybridized carbons (Fsp3) is 0.385. The monoisotopic (exact) mass is 313 g/mol. The normalized spacial score (nSPS) is 12.1. The molecule has 1 rings (SSSR count). The number of carbonyl (C=O) groups is 2. The zero-order valence-electron chi connectivity index (χ0n) is 10.6. The highest BCUT2D eigenvalue weighted by Crippen LogP contribution is 2.12. The molecule has 0 aliphatic carbocycles. The average Bonchev–Trinajstić information content (AvgIpc) is 2.34. The molecule has 1 atom stereocenters. The van der Waals surface area contributed by atoms with E-state index in [2.05, 4.69) is 26.0 Å². The molecule has 0 saturated carbocycles. The Kier molecular flexibility index (Phi) is 5.34. The van der Waals surface area contributed by atoms with Crippen LogP contribution in [0.1, 0.15) is 24.2 Å². The highest BCUT2D eigenvalue weighted by molar-refractivity contribution is 9.10. The summed E-state index contributed by atoms with van der Waals surface area (Å²) < 4.78 is 5.49. The van der Waals surface area contributed by atoms with Crippen molar-refractivity contribution in [2.45, 2.75) is 19.9 Å². The Morgan fingerprint density at radius 3 is 2.50 bits per heavy atom. The molecule has 0 radical (unpaired) electrons. The van der Waals surface area contributed by atoms with Gasteiger partial charge < -0.3 is 10.1 Å². The molecule has 1 aromatic carbocycles. The van der Waals surface area contributed by atoms with Crippen LogP contribution in [0.15, 0.2) is 28.7 Å². The lowest BCUT2D eigenvalue weighted by atomic mass is 10.0. The van der Waals surface area contributed by atoms with Gasteiger partial charge in [-0.25, -0.2) is 4.79 Å². The third-order valence-corrected chi connectivity index (χ3v) is 2.99. The van der Waals surface area contributed by atoms with E-state index < -0.39 is 12.0 Å². The number of nitrogens with one attached hydrogen (secondary N) is 1. The first-order valence-corrected chi connectivity index (χ1v) is 6.39. The van der Waals surface area contributed by atoms with Gasteiger partial charge in [0, 0.05) is 10.0 Å². The van der Waals surface area contributed by atoms with E-state index in [0.717, 1.165) is 4.47 Å². The van der Waals surface area contributed by atoms with Crippen LogP contribution < -0.4 is 5.32 Å². The molecule has 0 fully saturated rings. The van der Waals surface area contributed by atoms with Crippen LogP contribution in [0.25, 0.3) is 0 Å². The fourth-order valence-corrected chi connectivity index (χ4v) is 1.88. The van der Waals surface area contributed by atoms with Crippen molar-refractivity contribution >= 4 is 27.8 Å². The number of hydrogen-bond acceptors (Lipinski definition) is 3. The molecule has 1 aromatic rings. The number of carbonyl (C=O) groups excluding carboxylic acids is 2. The van der Waals surface area contributed by atoms with E-state index in [9.17, 15) is 9.59 Å². The van der Waals surface area contributed by atoms with Crippen molar-refractivity contribution in [3.05, 3.63) is 34.3 Å². The van der Waals surface area contributed by atoms with Crippen LogP contribution in [0.2, 0.25) is 0 Å². The Morgan fingerprint density at radius 2 is 2.00 bits per heavy atom. The summed E-state index contributed by atoms with van der Waals surface area (Å²) >= 11 is 3.30. The minimum atomic E-state index is -0.638. The molecular weight excluding hydrogens is 298 g/mol. The summed E-state index contributed by atoms with van der Waals surface area (Å²) in [6, 6.07) is 6.35. The molecule has 5 heteroatoms. The van der Waals surface area contributed by atoms with Gasteiger partial charge in [0.2, 0.25) is 0 Å². The summed E-state index contributed by atoms with van der Waals surface area (Å²) in [6.45, 7) is 3.70. The van der Waals surface area contributed by atoms with Gasteiger partial charge in [-0.1, -0.05) is 35.8 Å². The lowest BCUT2D eigenvalue weighted by Gasteiger charge is -2.19. The molecule has 0 saturated heterocycles. The van der Waals surface area contributed by atoms with Gasteiger partial charge in [-0.2, -0.15) is 0 Å². The number of amides is 1. The van der Waals surface area contributed by atoms with Gasteiger partial charge in [0.25, 0.3) is 5.91 Å². The molecule has 0 aliphatic heterocycles. The quantitative estimate of drug-likeness (QED) is 0.868. The van der Waals surface area contributed by atoms with E-state index >= 15 is 0 Å². The maximum absolute atomic E-state index is 12.0. The fourth-order valence-electron chi connectivity index (χ4n) is 1.48. The molecule has 0 bridgehead atoms. The third kappa shape index (κ3) is 3.84. The zero-order chi connectivity index (χ0) is 13.7. The van der Waals surface area contributed by atoms with Crippen molar-refractivity contribution in [3.63, 3.8) is 0 Å². The average molecular weight is 314 g/mol. The molecule has 1 unspecified atom stereocenters. The highest BCUT2D eigenvalue weighted by atomic mass is 79.9. The molecule has 0 aromatic heterocycles. The van der Waals surface area contributed by atoms with Gasteiger partial charge in [0.15, 0.2) is 0 Å². The molecule has 1 N–H and O–H groups in total. The van der Waals surface area contributed by atoms with Gasteiger partial charge in [-0.3, -0.25) is 4.79 Å². The summed E-state index contributed by atoms with van der Waals surface area (Å²) in [5.41, 5.74) is 0.499. The van der Waals surface area contributed by atoms with E-state index in [1.807, 2.05) is 19.9 Å². The number of benzene rings is 1. The van der Waals surface area contributed by atoms with Crippen molar-refractivity contribution in [2.75, 3.05) is 7.11 Å². The SMILES string of the molecule is COC(=O)C(NC(=O)c1cccc(Br)c1)C(C)C. The van der Waals surface area contributed by atoms with E-state index in [1.54, 1.807) is 18.2 Å². The smallest absolute Gasteiger partial charge is 0.328 e. The van der Waals surface area contributed by atoms with E-state index in [1.165, 1.54) is 7.11 Å². The Morgan fingerprint density at radius 1 is 1.33 bits per heavy atom. The van der Waals surface area contributed by atoms with Crippen molar-refractivity contribution in [1.82, 2.24) is 5.32 Å². The Hall–Kier alpha value is -1.36. The molecule has 0 heterocycles. The molecule has 1 amide bonds. The zero-order valence-corrected chi connectivity index (χ0v) is 12.2.